The minimum absolute atomic E-state index is 0.129. The van der Waals surface area contributed by atoms with E-state index in [4.69, 9.17) is 4.74 Å². The number of rotatable bonds is 4. The molecule has 0 aromatic heterocycles. The van der Waals surface area contributed by atoms with Crippen molar-refractivity contribution in [2.75, 3.05) is 19.5 Å². The van der Waals surface area contributed by atoms with Crippen LogP contribution in [-0.4, -0.2) is 41.3 Å². The molecular formula is C21H23N3O3S. The number of carbonyl (C=O) groups is 2. The normalized spacial score (nSPS) is 18.3. The summed E-state index contributed by atoms with van der Waals surface area (Å²) in [6.45, 7) is 4.06. The number of nitrogens with one attached hydrogen (secondary N) is 1. The van der Waals surface area contributed by atoms with Crippen LogP contribution in [0.2, 0.25) is 0 Å². The molecule has 28 heavy (non-hydrogen) atoms. The van der Waals surface area contributed by atoms with E-state index >= 15 is 0 Å². The van der Waals surface area contributed by atoms with Crippen molar-refractivity contribution in [3.8, 4) is 5.75 Å². The summed E-state index contributed by atoms with van der Waals surface area (Å²) in [5.41, 5.74) is 3.73. The van der Waals surface area contributed by atoms with Crippen LogP contribution in [0.1, 0.15) is 17.5 Å². The van der Waals surface area contributed by atoms with Crippen molar-refractivity contribution in [1.29, 1.82) is 0 Å². The maximum Gasteiger partial charge on any atom is 0.238 e. The van der Waals surface area contributed by atoms with E-state index in [0.29, 0.717) is 16.6 Å². The van der Waals surface area contributed by atoms with Crippen molar-refractivity contribution < 1.29 is 14.3 Å². The molecule has 1 heterocycles. The molecule has 1 aliphatic heterocycles. The van der Waals surface area contributed by atoms with E-state index in [0.717, 1.165) is 11.3 Å². The van der Waals surface area contributed by atoms with Crippen LogP contribution in [0.4, 0.5) is 11.4 Å². The lowest BCUT2D eigenvalue weighted by atomic mass is 10.1. The second-order valence-electron chi connectivity index (χ2n) is 6.64. The number of benzene rings is 2. The van der Waals surface area contributed by atoms with Crippen LogP contribution in [0.25, 0.3) is 0 Å². The van der Waals surface area contributed by atoms with Crippen LogP contribution < -0.4 is 10.1 Å². The van der Waals surface area contributed by atoms with E-state index < -0.39 is 5.25 Å². The van der Waals surface area contributed by atoms with Crippen molar-refractivity contribution in [3.63, 3.8) is 0 Å². The van der Waals surface area contributed by atoms with Gasteiger partial charge in [0, 0.05) is 19.2 Å². The summed E-state index contributed by atoms with van der Waals surface area (Å²) in [5.74, 6) is 0.366. The summed E-state index contributed by atoms with van der Waals surface area (Å²) in [4.78, 5) is 31.2. The molecule has 1 atom stereocenters. The number of aliphatic imine (C=N–C) groups is 1. The minimum Gasteiger partial charge on any atom is -0.497 e. The second-order valence-corrected chi connectivity index (χ2v) is 7.81. The summed E-state index contributed by atoms with van der Waals surface area (Å²) in [6.07, 6.45) is 0.134. The molecule has 0 bridgehead atoms. The summed E-state index contributed by atoms with van der Waals surface area (Å²) < 4.78 is 5.12. The predicted octanol–water partition coefficient (Wildman–Crippen LogP) is 3.90. The third kappa shape index (κ3) is 4.54. The fourth-order valence-corrected chi connectivity index (χ4v) is 3.76. The Balaban J connectivity index is 1.76. The number of amides is 2. The Bertz CT molecular complexity index is 925. The quantitative estimate of drug-likeness (QED) is 0.849. The summed E-state index contributed by atoms with van der Waals surface area (Å²) in [5, 5.41) is 2.85. The largest absolute Gasteiger partial charge is 0.497 e. The van der Waals surface area contributed by atoms with Gasteiger partial charge in [-0.05, 0) is 61.4 Å². The maximum atomic E-state index is 12.7. The lowest BCUT2D eigenvalue weighted by Gasteiger charge is -2.28. The SMILES string of the molecule is COc1ccc(NC(=O)[C@@H]2CC(=O)N(C)C(=Nc3ccc(C)c(C)c3)S2)cc1. The number of anilines is 1. The fraction of sp³-hybridized carbons (Fsp3) is 0.286. The first-order valence-electron chi connectivity index (χ1n) is 8.91. The zero-order valence-corrected chi connectivity index (χ0v) is 17.2. The smallest absolute Gasteiger partial charge is 0.238 e. The van der Waals surface area contributed by atoms with E-state index in [1.54, 1.807) is 38.4 Å². The molecule has 2 aromatic carbocycles. The van der Waals surface area contributed by atoms with Gasteiger partial charge in [-0.15, -0.1) is 0 Å². The van der Waals surface area contributed by atoms with Gasteiger partial charge in [0.05, 0.1) is 12.8 Å². The highest BCUT2D eigenvalue weighted by Gasteiger charge is 2.34. The highest BCUT2D eigenvalue weighted by Crippen LogP contribution is 2.29. The standard InChI is InChI=1S/C21H23N3O3S/c1-13-5-6-16(11-14(13)2)23-21-24(3)19(25)12-18(28-21)20(26)22-15-7-9-17(27-4)10-8-15/h5-11,18H,12H2,1-4H3,(H,22,26)/t18-/m0/s1. The van der Waals surface area contributed by atoms with Gasteiger partial charge in [-0.25, -0.2) is 4.99 Å². The van der Waals surface area contributed by atoms with Crippen LogP contribution in [0.3, 0.4) is 0 Å². The number of hydrogen-bond acceptors (Lipinski definition) is 5. The van der Waals surface area contributed by atoms with Crippen molar-refractivity contribution in [3.05, 3.63) is 53.6 Å². The average Bonchev–Trinajstić information content (AvgIpc) is 2.68. The van der Waals surface area contributed by atoms with Gasteiger partial charge in [-0.3, -0.25) is 14.5 Å². The zero-order chi connectivity index (χ0) is 20.3. The Labute approximate surface area is 169 Å². The number of carbonyl (C=O) groups excluding carboxylic acids is 2. The van der Waals surface area contributed by atoms with Crippen molar-refractivity contribution in [1.82, 2.24) is 4.90 Å². The highest BCUT2D eigenvalue weighted by atomic mass is 32.2. The lowest BCUT2D eigenvalue weighted by molar-refractivity contribution is -0.128. The Morgan fingerprint density at radius 3 is 2.54 bits per heavy atom. The first kappa shape index (κ1) is 19.9. The third-order valence-electron chi connectivity index (χ3n) is 4.63. The van der Waals surface area contributed by atoms with E-state index in [1.807, 2.05) is 32.0 Å². The van der Waals surface area contributed by atoms with Gasteiger partial charge in [-0.2, -0.15) is 0 Å². The van der Waals surface area contributed by atoms with Crippen LogP contribution in [0.5, 0.6) is 5.75 Å². The number of thioether (sulfide) groups is 1. The Kier molecular flexibility index (Phi) is 6.04. The van der Waals surface area contributed by atoms with Gasteiger partial charge in [0.15, 0.2) is 5.17 Å². The van der Waals surface area contributed by atoms with E-state index in [-0.39, 0.29) is 18.2 Å². The molecule has 1 aliphatic rings. The predicted molar refractivity (Wildman–Crippen MR) is 113 cm³/mol. The monoisotopic (exact) mass is 397 g/mol. The minimum atomic E-state index is -0.531. The summed E-state index contributed by atoms with van der Waals surface area (Å²) in [7, 11) is 3.28. The molecule has 6 nitrogen and oxygen atoms in total. The van der Waals surface area contributed by atoms with Gasteiger partial charge in [0.2, 0.25) is 11.8 Å². The van der Waals surface area contributed by atoms with Gasteiger partial charge in [0.25, 0.3) is 0 Å². The molecule has 3 rings (SSSR count). The Hall–Kier alpha value is -2.80. The molecule has 0 spiro atoms. The molecule has 0 unspecified atom stereocenters. The van der Waals surface area contributed by atoms with Gasteiger partial charge in [-0.1, -0.05) is 17.8 Å². The molecule has 1 saturated heterocycles. The molecule has 7 heteroatoms. The first-order chi connectivity index (χ1) is 13.4. The molecule has 146 valence electrons. The number of amidine groups is 1. The number of methoxy groups -OCH3 is 1. The topological polar surface area (TPSA) is 71.0 Å². The summed E-state index contributed by atoms with van der Waals surface area (Å²) >= 11 is 1.30. The Morgan fingerprint density at radius 2 is 1.89 bits per heavy atom. The van der Waals surface area contributed by atoms with Crippen molar-refractivity contribution in [2.45, 2.75) is 25.5 Å². The molecule has 1 fully saturated rings. The highest BCUT2D eigenvalue weighted by molar-refractivity contribution is 8.15. The molecule has 2 amide bonds. The molecular weight excluding hydrogens is 374 g/mol. The van der Waals surface area contributed by atoms with E-state index in [2.05, 4.69) is 10.3 Å². The number of aryl methyl sites for hydroxylation is 2. The fourth-order valence-electron chi connectivity index (χ4n) is 2.70. The average molecular weight is 398 g/mol. The number of hydrogen-bond donors (Lipinski definition) is 1. The Morgan fingerprint density at radius 1 is 1.18 bits per heavy atom. The molecule has 2 aromatic rings. The second kappa shape index (κ2) is 8.48. The van der Waals surface area contributed by atoms with Crippen LogP contribution in [0.15, 0.2) is 47.5 Å². The lowest BCUT2D eigenvalue weighted by Crippen LogP contribution is -2.43. The third-order valence-corrected chi connectivity index (χ3v) is 5.88. The number of ether oxygens (including phenoxy) is 1. The maximum absolute atomic E-state index is 12.7. The van der Waals surface area contributed by atoms with Gasteiger partial charge < -0.3 is 10.1 Å². The van der Waals surface area contributed by atoms with Crippen molar-refractivity contribution in [2.24, 2.45) is 4.99 Å². The summed E-state index contributed by atoms with van der Waals surface area (Å²) in [6, 6.07) is 13.0. The van der Waals surface area contributed by atoms with Gasteiger partial charge in [0.1, 0.15) is 11.0 Å². The van der Waals surface area contributed by atoms with Crippen LogP contribution in [0, 0.1) is 13.8 Å². The molecule has 0 radical (unpaired) electrons. The molecule has 0 aliphatic carbocycles. The van der Waals surface area contributed by atoms with Gasteiger partial charge >= 0.3 is 0 Å². The van der Waals surface area contributed by atoms with Crippen LogP contribution >= 0.6 is 11.8 Å². The first-order valence-corrected chi connectivity index (χ1v) is 9.79. The van der Waals surface area contributed by atoms with Crippen molar-refractivity contribution >= 4 is 40.1 Å². The molecule has 1 N–H and O–H groups in total. The zero-order valence-electron chi connectivity index (χ0n) is 16.4. The van der Waals surface area contributed by atoms with E-state index in [9.17, 15) is 9.59 Å². The molecule has 0 saturated carbocycles. The van der Waals surface area contributed by atoms with E-state index in [1.165, 1.54) is 22.2 Å². The van der Waals surface area contributed by atoms with Crippen LogP contribution in [-0.2, 0) is 9.59 Å². The number of nitrogens with zero attached hydrogens (tertiary/aromatic N) is 2.